The number of carbonyl (C=O) groups is 2. The van der Waals surface area contributed by atoms with E-state index in [0.29, 0.717) is 25.9 Å². The van der Waals surface area contributed by atoms with Crippen LogP contribution in [0.2, 0.25) is 0 Å². The van der Waals surface area contributed by atoms with Gasteiger partial charge in [-0.2, -0.15) is 0 Å². The van der Waals surface area contributed by atoms with Gasteiger partial charge in [-0.25, -0.2) is 0 Å². The van der Waals surface area contributed by atoms with Gasteiger partial charge in [-0.1, -0.05) is 309 Å². The number of carbonyl (C=O) groups excluding carboxylic acids is 2. The van der Waals surface area contributed by atoms with E-state index in [1.165, 1.54) is 263 Å². The number of rotatable bonds is 57. The molecule has 6 heteroatoms. The van der Waals surface area contributed by atoms with E-state index in [1.807, 2.05) is 0 Å². The van der Waals surface area contributed by atoms with Gasteiger partial charge in [0.25, 0.3) is 0 Å². The summed E-state index contributed by atoms with van der Waals surface area (Å²) in [6, 6.07) is -0.549. The number of esters is 1. The predicted octanol–water partition coefficient (Wildman–Crippen LogP) is 18.7. The van der Waals surface area contributed by atoms with Crippen LogP contribution in [-0.2, 0) is 14.3 Å². The van der Waals surface area contributed by atoms with E-state index in [1.54, 1.807) is 0 Å². The summed E-state index contributed by atoms with van der Waals surface area (Å²) >= 11 is 0. The fourth-order valence-corrected chi connectivity index (χ4v) is 9.76. The normalized spacial score (nSPS) is 12.5. The lowest BCUT2D eigenvalue weighted by atomic mass is 10.0. The first-order chi connectivity index (χ1) is 32.5. The van der Waals surface area contributed by atoms with Crippen LogP contribution in [0.5, 0.6) is 0 Å². The first-order valence-corrected chi connectivity index (χ1v) is 30.3. The predicted molar refractivity (Wildman–Crippen MR) is 287 cm³/mol. The molecule has 66 heavy (non-hydrogen) atoms. The van der Waals surface area contributed by atoms with Gasteiger partial charge in [-0.15, -0.1) is 0 Å². The minimum Gasteiger partial charge on any atom is -0.466 e. The molecule has 0 aromatic carbocycles. The Labute approximate surface area is 413 Å². The van der Waals surface area contributed by atoms with Crippen LogP contribution >= 0.6 is 0 Å². The second-order valence-corrected chi connectivity index (χ2v) is 21.1. The molecule has 0 aliphatic carbocycles. The van der Waals surface area contributed by atoms with E-state index in [9.17, 15) is 19.8 Å². The molecule has 0 aliphatic heterocycles. The minimum atomic E-state index is -0.671. The Kier molecular flexibility index (Phi) is 55.5. The SMILES string of the molecule is CCCCCCCCCCCCCCCCCCCCCCCCC(O)C(CO)NC(=O)CCCCCCCCCCCCCCCCOC(=O)CCCCCCCCCCCCCCC. The lowest BCUT2D eigenvalue weighted by molar-refractivity contribution is -0.143. The molecule has 0 saturated carbocycles. The Morgan fingerprint density at radius 3 is 0.924 bits per heavy atom. The summed E-state index contributed by atoms with van der Waals surface area (Å²) in [5.74, 6) is -0.0399. The highest BCUT2D eigenvalue weighted by Crippen LogP contribution is 2.18. The molecule has 0 saturated heterocycles. The second-order valence-electron chi connectivity index (χ2n) is 21.1. The van der Waals surface area contributed by atoms with E-state index >= 15 is 0 Å². The van der Waals surface area contributed by atoms with Gasteiger partial charge in [0.15, 0.2) is 0 Å². The van der Waals surface area contributed by atoms with Crippen molar-refractivity contribution in [3.63, 3.8) is 0 Å². The lowest BCUT2D eigenvalue weighted by Gasteiger charge is -2.22. The zero-order chi connectivity index (χ0) is 47.9. The Morgan fingerprint density at radius 1 is 0.364 bits per heavy atom. The van der Waals surface area contributed by atoms with Gasteiger partial charge in [0.05, 0.1) is 25.4 Å². The Hall–Kier alpha value is -1.14. The van der Waals surface area contributed by atoms with Gasteiger partial charge in [0.2, 0.25) is 5.91 Å². The Morgan fingerprint density at radius 2 is 0.621 bits per heavy atom. The van der Waals surface area contributed by atoms with Crippen LogP contribution < -0.4 is 5.32 Å². The average Bonchev–Trinajstić information content (AvgIpc) is 3.32. The molecule has 0 rings (SSSR count). The van der Waals surface area contributed by atoms with E-state index in [0.717, 1.165) is 51.4 Å². The Balaban J connectivity index is 3.42. The van der Waals surface area contributed by atoms with Gasteiger partial charge in [-0.3, -0.25) is 9.59 Å². The minimum absolute atomic E-state index is 0.000828. The van der Waals surface area contributed by atoms with Crippen molar-refractivity contribution in [1.29, 1.82) is 0 Å². The van der Waals surface area contributed by atoms with Crippen molar-refractivity contribution in [2.75, 3.05) is 13.2 Å². The van der Waals surface area contributed by atoms with Gasteiger partial charge in [-0.05, 0) is 25.7 Å². The van der Waals surface area contributed by atoms with Crippen molar-refractivity contribution in [1.82, 2.24) is 5.32 Å². The monoisotopic (exact) mass is 934 g/mol. The fourth-order valence-electron chi connectivity index (χ4n) is 9.76. The zero-order valence-electron chi connectivity index (χ0n) is 45.0. The summed E-state index contributed by atoms with van der Waals surface area (Å²) in [4.78, 5) is 24.5. The van der Waals surface area contributed by atoms with Crippen LogP contribution in [0.4, 0.5) is 0 Å². The van der Waals surface area contributed by atoms with Crippen molar-refractivity contribution in [2.24, 2.45) is 0 Å². The van der Waals surface area contributed by atoms with Gasteiger partial charge < -0.3 is 20.3 Å². The molecule has 1 amide bonds. The van der Waals surface area contributed by atoms with Crippen LogP contribution in [0.15, 0.2) is 0 Å². The molecule has 0 aromatic heterocycles. The van der Waals surface area contributed by atoms with Crippen molar-refractivity contribution in [3.05, 3.63) is 0 Å². The van der Waals surface area contributed by atoms with Crippen molar-refractivity contribution >= 4 is 11.9 Å². The molecule has 0 bridgehead atoms. The summed E-state index contributed by atoms with van der Waals surface area (Å²) in [6.07, 6.45) is 65.2. The maximum atomic E-state index is 12.5. The van der Waals surface area contributed by atoms with E-state index in [4.69, 9.17) is 4.74 Å². The van der Waals surface area contributed by atoms with Crippen LogP contribution in [0.1, 0.15) is 348 Å². The molecular formula is C60H119NO5. The van der Waals surface area contributed by atoms with E-state index in [2.05, 4.69) is 19.2 Å². The number of ether oxygens (including phenoxy) is 1. The number of hydrogen-bond acceptors (Lipinski definition) is 5. The van der Waals surface area contributed by atoms with Crippen LogP contribution in [-0.4, -0.2) is 47.4 Å². The van der Waals surface area contributed by atoms with Gasteiger partial charge in [0.1, 0.15) is 0 Å². The third-order valence-electron chi connectivity index (χ3n) is 14.4. The first kappa shape index (κ1) is 64.9. The third kappa shape index (κ3) is 52.2. The van der Waals surface area contributed by atoms with Crippen LogP contribution in [0, 0.1) is 0 Å². The summed E-state index contributed by atoms with van der Waals surface area (Å²) in [6.45, 7) is 4.96. The molecular weight excluding hydrogens is 815 g/mol. The highest BCUT2D eigenvalue weighted by atomic mass is 16.5. The molecule has 6 nitrogen and oxygen atoms in total. The lowest BCUT2D eigenvalue weighted by Crippen LogP contribution is -2.45. The highest BCUT2D eigenvalue weighted by Gasteiger charge is 2.20. The molecule has 3 N–H and O–H groups in total. The topological polar surface area (TPSA) is 95.9 Å². The molecule has 0 aromatic rings. The number of amides is 1. The summed E-state index contributed by atoms with van der Waals surface area (Å²) in [5, 5.41) is 23.4. The van der Waals surface area contributed by atoms with Crippen molar-refractivity contribution < 1.29 is 24.5 Å². The maximum absolute atomic E-state index is 12.5. The number of nitrogens with one attached hydrogen (secondary N) is 1. The number of hydrogen-bond donors (Lipinski definition) is 3. The molecule has 0 aliphatic rings. The second kappa shape index (κ2) is 56.4. The largest absolute Gasteiger partial charge is 0.466 e. The molecule has 0 heterocycles. The van der Waals surface area contributed by atoms with Gasteiger partial charge >= 0.3 is 5.97 Å². The smallest absolute Gasteiger partial charge is 0.305 e. The molecule has 0 spiro atoms. The molecule has 394 valence electrons. The Bertz CT molecular complexity index is 944. The standard InChI is InChI=1S/C60H119NO5/c1-3-5-7-9-11-13-15-17-18-19-20-21-22-23-24-25-29-32-36-40-44-48-52-58(63)57(56-62)61-59(64)53-49-45-41-37-33-30-26-27-31-35-39-43-47-51-55-66-60(65)54-50-46-42-38-34-28-16-14-12-10-8-6-4-2/h57-58,62-63H,3-56H2,1-2H3,(H,61,64). The number of aliphatic hydroxyl groups is 2. The van der Waals surface area contributed by atoms with Crippen LogP contribution in [0.3, 0.4) is 0 Å². The van der Waals surface area contributed by atoms with Crippen LogP contribution in [0.25, 0.3) is 0 Å². The first-order valence-electron chi connectivity index (χ1n) is 30.3. The quantitative estimate of drug-likeness (QED) is 0.0417. The number of aliphatic hydroxyl groups excluding tert-OH is 2. The molecule has 0 fully saturated rings. The van der Waals surface area contributed by atoms with Crippen molar-refractivity contribution in [2.45, 2.75) is 360 Å². The fraction of sp³-hybridized carbons (Fsp3) is 0.967. The zero-order valence-corrected chi connectivity index (χ0v) is 45.0. The van der Waals surface area contributed by atoms with E-state index in [-0.39, 0.29) is 18.5 Å². The van der Waals surface area contributed by atoms with Gasteiger partial charge in [0, 0.05) is 12.8 Å². The van der Waals surface area contributed by atoms with Crippen molar-refractivity contribution in [3.8, 4) is 0 Å². The summed E-state index contributed by atoms with van der Waals surface area (Å²) in [5.41, 5.74) is 0. The third-order valence-corrected chi connectivity index (χ3v) is 14.4. The molecule has 2 unspecified atom stereocenters. The summed E-state index contributed by atoms with van der Waals surface area (Å²) in [7, 11) is 0. The molecule has 2 atom stereocenters. The number of unbranched alkanes of at least 4 members (excludes halogenated alkanes) is 46. The van der Waals surface area contributed by atoms with E-state index < -0.39 is 12.1 Å². The average molecular weight is 935 g/mol. The molecule has 0 radical (unpaired) electrons. The summed E-state index contributed by atoms with van der Waals surface area (Å²) < 4.78 is 5.47. The highest BCUT2D eigenvalue weighted by molar-refractivity contribution is 5.76. The maximum Gasteiger partial charge on any atom is 0.305 e.